The number of alkyl halides is 2. The molecule has 1 aliphatic rings. The fourth-order valence-electron chi connectivity index (χ4n) is 4.66. The molecule has 7 heteroatoms. The minimum atomic E-state index is -3.86. The molecule has 0 bridgehead atoms. The first-order chi connectivity index (χ1) is 17.3. The van der Waals surface area contributed by atoms with Crippen molar-refractivity contribution in [3.63, 3.8) is 0 Å². The van der Waals surface area contributed by atoms with Crippen molar-refractivity contribution in [1.29, 1.82) is 0 Å². The molecule has 0 saturated heterocycles. The van der Waals surface area contributed by atoms with Gasteiger partial charge in [0.1, 0.15) is 5.75 Å². The lowest BCUT2D eigenvalue weighted by Gasteiger charge is -2.28. The van der Waals surface area contributed by atoms with E-state index in [4.69, 9.17) is 4.74 Å². The molecule has 0 spiro atoms. The summed E-state index contributed by atoms with van der Waals surface area (Å²) in [7, 11) is 0. The summed E-state index contributed by atoms with van der Waals surface area (Å²) in [4.78, 5) is 0. The second-order valence-corrected chi connectivity index (χ2v) is 9.31. The predicted molar refractivity (Wildman–Crippen MR) is 129 cm³/mol. The molecule has 0 aliphatic heterocycles. The van der Waals surface area contributed by atoms with E-state index < -0.39 is 34.9 Å². The van der Waals surface area contributed by atoms with Gasteiger partial charge in [-0.2, -0.15) is 8.78 Å². The maximum atomic E-state index is 14.5. The summed E-state index contributed by atoms with van der Waals surface area (Å²) >= 11 is 0. The lowest BCUT2D eigenvalue weighted by atomic mass is 9.79. The first-order valence-electron chi connectivity index (χ1n) is 12.3. The Labute approximate surface area is 208 Å². The maximum Gasteiger partial charge on any atom is 0.426 e. The number of benzene rings is 3. The number of hydrogen-bond acceptors (Lipinski definition) is 2. The lowest BCUT2D eigenvalue weighted by Crippen LogP contribution is -2.22. The largest absolute Gasteiger partial charge is 0.429 e. The van der Waals surface area contributed by atoms with Crippen LogP contribution in [0, 0.1) is 23.4 Å². The fourth-order valence-corrected chi connectivity index (χ4v) is 4.66. The van der Waals surface area contributed by atoms with Gasteiger partial charge < -0.3 is 9.47 Å². The first kappa shape index (κ1) is 26.1. The van der Waals surface area contributed by atoms with Crippen LogP contribution in [-0.2, 0) is 10.8 Å². The smallest absolute Gasteiger partial charge is 0.426 e. The van der Waals surface area contributed by atoms with E-state index in [2.05, 4.69) is 23.8 Å². The van der Waals surface area contributed by atoms with Gasteiger partial charge in [0.2, 0.25) is 0 Å². The zero-order chi connectivity index (χ0) is 25.7. The predicted octanol–water partition coefficient (Wildman–Crippen LogP) is 8.60. The average Bonchev–Trinajstić information content (AvgIpc) is 2.88. The molecule has 1 fully saturated rings. The van der Waals surface area contributed by atoms with E-state index in [0.717, 1.165) is 56.4 Å². The zero-order valence-corrected chi connectivity index (χ0v) is 20.1. The third-order valence-electron chi connectivity index (χ3n) is 6.69. The molecule has 0 radical (unpaired) electrons. The van der Waals surface area contributed by atoms with Crippen LogP contribution >= 0.6 is 0 Å². The van der Waals surface area contributed by atoms with E-state index in [-0.39, 0.29) is 0 Å². The van der Waals surface area contributed by atoms with Gasteiger partial charge in [0.05, 0.1) is 5.56 Å². The van der Waals surface area contributed by atoms with Crippen molar-refractivity contribution in [2.45, 2.75) is 51.1 Å². The topological polar surface area (TPSA) is 18.5 Å². The molecular formula is C29H29F5O2. The molecule has 36 heavy (non-hydrogen) atoms. The molecule has 0 aromatic heterocycles. The van der Waals surface area contributed by atoms with E-state index in [9.17, 15) is 22.0 Å². The second kappa shape index (κ2) is 11.4. The van der Waals surface area contributed by atoms with Crippen molar-refractivity contribution in [1.82, 2.24) is 0 Å². The van der Waals surface area contributed by atoms with Gasteiger partial charge in [-0.15, -0.1) is 0 Å². The highest BCUT2D eigenvalue weighted by Crippen LogP contribution is 2.37. The summed E-state index contributed by atoms with van der Waals surface area (Å²) in [5.41, 5.74) is 2.42. The van der Waals surface area contributed by atoms with Gasteiger partial charge in [-0.3, -0.25) is 0 Å². The summed E-state index contributed by atoms with van der Waals surface area (Å²) in [5, 5.41) is 0. The molecule has 3 aromatic carbocycles. The number of rotatable bonds is 9. The molecule has 1 saturated carbocycles. The number of halogens is 5. The Bertz CT molecular complexity index is 1110. The van der Waals surface area contributed by atoms with E-state index in [1.54, 1.807) is 0 Å². The third kappa shape index (κ3) is 6.25. The molecule has 0 heterocycles. The Morgan fingerprint density at radius 3 is 1.92 bits per heavy atom. The summed E-state index contributed by atoms with van der Waals surface area (Å²) in [6, 6.07) is 14.4. The van der Waals surface area contributed by atoms with Gasteiger partial charge in [0, 0.05) is 25.3 Å². The van der Waals surface area contributed by atoms with Crippen molar-refractivity contribution in [3.8, 4) is 16.9 Å². The monoisotopic (exact) mass is 504 g/mol. The van der Waals surface area contributed by atoms with Crippen molar-refractivity contribution >= 4 is 0 Å². The first-order valence-corrected chi connectivity index (χ1v) is 12.3. The average molecular weight is 505 g/mol. The highest BCUT2D eigenvalue weighted by Gasteiger charge is 2.35. The van der Waals surface area contributed by atoms with Crippen molar-refractivity contribution in [2.75, 3.05) is 13.2 Å². The SMILES string of the molecule is CCCOCC1CCC(c2ccc(-c3ccc(C(F)(F)Oc4cc(F)c(F)c(F)c4)cc3)cc2)CC1. The molecule has 3 aromatic rings. The summed E-state index contributed by atoms with van der Waals surface area (Å²) in [5.74, 6) is -4.61. The molecule has 0 N–H and O–H groups in total. The van der Waals surface area contributed by atoms with Crippen LogP contribution in [0.2, 0.25) is 0 Å². The van der Waals surface area contributed by atoms with Crippen LogP contribution < -0.4 is 4.74 Å². The van der Waals surface area contributed by atoms with Gasteiger partial charge >= 0.3 is 6.11 Å². The standard InChI is InChI=1S/C29H29F5O2/c1-2-15-35-18-19-3-5-20(6-4-19)21-7-9-22(10-8-21)23-11-13-24(14-12-23)29(33,34)36-25-16-26(30)28(32)27(31)17-25/h7-14,16-17,19-20H,2-6,15,18H2,1H3. The number of hydrogen-bond donors (Lipinski definition) is 0. The van der Waals surface area contributed by atoms with E-state index in [1.165, 1.54) is 29.8 Å². The summed E-state index contributed by atoms with van der Waals surface area (Å²) < 4.78 is 79.0. The Balaban J connectivity index is 1.38. The molecule has 0 atom stereocenters. The van der Waals surface area contributed by atoms with Gasteiger partial charge in [-0.1, -0.05) is 43.3 Å². The Kier molecular flexibility index (Phi) is 8.29. The summed E-state index contributed by atoms with van der Waals surface area (Å²) in [6.07, 6.45) is 1.75. The number of ether oxygens (including phenoxy) is 2. The molecule has 0 amide bonds. The highest BCUT2D eigenvalue weighted by molar-refractivity contribution is 5.64. The van der Waals surface area contributed by atoms with Gasteiger partial charge in [-0.25, -0.2) is 13.2 Å². The van der Waals surface area contributed by atoms with Gasteiger partial charge in [0.25, 0.3) is 0 Å². The van der Waals surface area contributed by atoms with Crippen LogP contribution in [0.3, 0.4) is 0 Å². The normalized spacial score (nSPS) is 18.3. The molecule has 2 nitrogen and oxygen atoms in total. The van der Waals surface area contributed by atoms with Crippen LogP contribution in [0.25, 0.3) is 11.1 Å². The Hall–Kier alpha value is -2.93. The second-order valence-electron chi connectivity index (χ2n) is 9.31. The maximum absolute atomic E-state index is 14.5. The molecular weight excluding hydrogens is 475 g/mol. The van der Waals surface area contributed by atoms with Crippen LogP contribution in [0.15, 0.2) is 60.7 Å². The molecule has 4 rings (SSSR count). The highest BCUT2D eigenvalue weighted by atomic mass is 19.3. The lowest BCUT2D eigenvalue weighted by molar-refractivity contribution is -0.185. The molecule has 1 aliphatic carbocycles. The van der Waals surface area contributed by atoms with Gasteiger partial charge in [0.15, 0.2) is 17.5 Å². The summed E-state index contributed by atoms with van der Waals surface area (Å²) in [6.45, 7) is 3.78. The molecule has 0 unspecified atom stereocenters. The van der Waals surface area contributed by atoms with Crippen LogP contribution in [0.1, 0.15) is 56.1 Å². The fraction of sp³-hybridized carbons (Fsp3) is 0.379. The molecule has 192 valence electrons. The van der Waals surface area contributed by atoms with Crippen molar-refractivity contribution in [2.24, 2.45) is 5.92 Å². The third-order valence-corrected chi connectivity index (χ3v) is 6.69. The van der Waals surface area contributed by atoms with Crippen LogP contribution in [-0.4, -0.2) is 13.2 Å². The van der Waals surface area contributed by atoms with Crippen LogP contribution in [0.4, 0.5) is 22.0 Å². The quantitative estimate of drug-likeness (QED) is 0.165. The van der Waals surface area contributed by atoms with E-state index >= 15 is 0 Å². The van der Waals surface area contributed by atoms with E-state index in [0.29, 0.717) is 24.0 Å². The Morgan fingerprint density at radius 2 is 1.36 bits per heavy atom. The van der Waals surface area contributed by atoms with Crippen LogP contribution in [0.5, 0.6) is 5.75 Å². The van der Waals surface area contributed by atoms with Crippen molar-refractivity contribution in [3.05, 3.63) is 89.2 Å². The zero-order valence-electron chi connectivity index (χ0n) is 20.1. The van der Waals surface area contributed by atoms with Gasteiger partial charge in [-0.05, 0) is 72.8 Å². The Morgan fingerprint density at radius 1 is 0.806 bits per heavy atom. The minimum absolute atomic E-state index is 0.384. The minimum Gasteiger partial charge on any atom is -0.429 e. The van der Waals surface area contributed by atoms with E-state index in [1.807, 2.05) is 12.1 Å². The van der Waals surface area contributed by atoms with Crippen molar-refractivity contribution < 1.29 is 31.4 Å².